The molecule has 24 heavy (non-hydrogen) atoms. The van der Waals surface area contributed by atoms with E-state index in [1.807, 2.05) is 4.90 Å². The Morgan fingerprint density at radius 3 is 2.58 bits per heavy atom. The van der Waals surface area contributed by atoms with Gasteiger partial charge in [-0.15, -0.1) is 24.8 Å². The van der Waals surface area contributed by atoms with Gasteiger partial charge < -0.3 is 19.8 Å². The fraction of sp³-hybridized carbons (Fsp3) is 0.643. The number of ether oxygens (including phenoxy) is 1. The van der Waals surface area contributed by atoms with Crippen LogP contribution in [0.15, 0.2) is 12.5 Å². The number of rotatable bonds is 6. The molecule has 2 N–H and O–H groups in total. The van der Waals surface area contributed by atoms with Crippen LogP contribution in [0, 0.1) is 0 Å². The number of piperazine rings is 1. The topological polar surface area (TPSA) is 99.0 Å². The second kappa shape index (κ2) is 11.4. The zero-order chi connectivity index (χ0) is 15.9. The summed E-state index contributed by atoms with van der Waals surface area (Å²) in [6.45, 7) is 5.08. The number of esters is 1. The maximum absolute atomic E-state index is 12.0. The van der Waals surface area contributed by atoms with E-state index >= 15 is 0 Å². The van der Waals surface area contributed by atoms with E-state index in [0.29, 0.717) is 37.6 Å². The summed E-state index contributed by atoms with van der Waals surface area (Å²) in [6, 6.07) is 0. The van der Waals surface area contributed by atoms with Crippen LogP contribution in [0.1, 0.15) is 17.3 Å². The van der Waals surface area contributed by atoms with Crippen LogP contribution in [0.3, 0.4) is 0 Å². The number of hydrogen-bond donors (Lipinski definition) is 2. The van der Waals surface area contributed by atoms with Crippen molar-refractivity contribution >= 4 is 36.6 Å². The predicted molar refractivity (Wildman–Crippen MR) is 94.2 cm³/mol. The number of carbonyl (C=O) groups excluding carboxylic acids is 1. The molecule has 1 aromatic rings. The number of aromatic nitrogens is 2. The van der Waals surface area contributed by atoms with Crippen molar-refractivity contribution in [1.82, 2.24) is 14.9 Å². The van der Waals surface area contributed by atoms with Crippen LogP contribution in [0.5, 0.6) is 0 Å². The smallest absolute Gasteiger partial charge is 0.343 e. The molecule has 0 saturated carbocycles. The lowest BCUT2D eigenvalue weighted by molar-refractivity contribution is 0.0524. The third kappa shape index (κ3) is 6.03. The molecule has 1 aliphatic heterocycles. The number of β-amino-alcohol motifs (C(OH)–C–C–N with tert-alkyl or cyclic N) is 1. The summed E-state index contributed by atoms with van der Waals surface area (Å²) in [5, 5.41) is 18.4. The van der Waals surface area contributed by atoms with Gasteiger partial charge in [0.1, 0.15) is 17.7 Å². The van der Waals surface area contributed by atoms with Crippen molar-refractivity contribution < 1.29 is 19.7 Å². The molecule has 0 radical (unpaired) electrons. The molecular weight excluding hydrogens is 359 g/mol. The molecule has 1 unspecified atom stereocenters. The molecule has 0 aliphatic carbocycles. The average molecular weight is 383 g/mol. The van der Waals surface area contributed by atoms with Gasteiger partial charge in [-0.25, -0.2) is 14.8 Å². The molecule has 138 valence electrons. The molecule has 1 fully saturated rings. The van der Waals surface area contributed by atoms with E-state index in [4.69, 9.17) is 9.84 Å². The summed E-state index contributed by atoms with van der Waals surface area (Å²) < 4.78 is 5.03. The SMILES string of the molecule is CCOC(=O)c1cncnc1N1CCN(CC(O)CO)CC1.Cl.Cl. The van der Waals surface area contributed by atoms with Crippen molar-refractivity contribution in [1.29, 1.82) is 0 Å². The van der Waals surface area contributed by atoms with Crippen LogP contribution < -0.4 is 4.90 Å². The first kappa shape index (κ1) is 22.8. The van der Waals surface area contributed by atoms with Gasteiger partial charge in [0.25, 0.3) is 0 Å². The van der Waals surface area contributed by atoms with Gasteiger partial charge in [0.05, 0.1) is 19.3 Å². The Balaban J connectivity index is 0.00000264. The highest BCUT2D eigenvalue weighted by atomic mass is 35.5. The first-order valence-electron chi connectivity index (χ1n) is 7.39. The lowest BCUT2D eigenvalue weighted by Gasteiger charge is -2.36. The van der Waals surface area contributed by atoms with Crippen LogP contribution >= 0.6 is 24.8 Å². The molecule has 1 saturated heterocycles. The summed E-state index contributed by atoms with van der Waals surface area (Å²) in [6.07, 6.45) is 2.17. The number of aliphatic hydroxyl groups is 2. The van der Waals surface area contributed by atoms with Gasteiger partial charge in [0, 0.05) is 38.9 Å². The van der Waals surface area contributed by atoms with Crippen LogP contribution in [-0.2, 0) is 4.74 Å². The number of carbonyl (C=O) groups is 1. The summed E-state index contributed by atoms with van der Waals surface area (Å²) >= 11 is 0. The molecule has 2 rings (SSSR count). The molecule has 0 bridgehead atoms. The molecule has 1 aliphatic rings. The first-order chi connectivity index (χ1) is 10.7. The molecule has 10 heteroatoms. The van der Waals surface area contributed by atoms with Crippen molar-refractivity contribution in [3.05, 3.63) is 18.1 Å². The Bertz CT molecular complexity index is 501. The summed E-state index contributed by atoms with van der Waals surface area (Å²) in [5.74, 6) is 0.159. The summed E-state index contributed by atoms with van der Waals surface area (Å²) in [5.41, 5.74) is 0.369. The Hall–Kier alpha value is -1.19. The fourth-order valence-electron chi connectivity index (χ4n) is 2.43. The molecule has 1 atom stereocenters. The Morgan fingerprint density at radius 1 is 1.33 bits per heavy atom. The molecule has 0 amide bonds. The number of anilines is 1. The van der Waals surface area contributed by atoms with Gasteiger partial charge in [0.2, 0.25) is 0 Å². The lowest BCUT2D eigenvalue weighted by Crippen LogP contribution is -2.49. The van der Waals surface area contributed by atoms with Gasteiger partial charge >= 0.3 is 5.97 Å². The van der Waals surface area contributed by atoms with E-state index in [-0.39, 0.29) is 31.4 Å². The van der Waals surface area contributed by atoms with E-state index in [0.717, 1.165) is 13.1 Å². The Morgan fingerprint density at radius 2 is 2.00 bits per heavy atom. The fourth-order valence-corrected chi connectivity index (χ4v) is 2.43. The van der Waals surface area contributed by atoms with Gasteiger partial charge in [-0.2, -0.15) is 0 Å². The highest BCUT2D eigenvalue weighted by molar-refractivity contribution is 5.94. The van der Waals surface area contributed by atoms with Crippen LogP contribution in [0.4, 0.5) is 5.82 Å². The highest BCUT2D eigenvalue weighted by Gasteiger charge is 2.24. The molecular formula is C14H24Cl2N4O4. The average Bonchev–Trinajstić information content (AvgIpc) is 2.55. The predicted octanol–water partition coefficient (Wildman–Crippen LogP) is -0.0279. The van der Waals surface area contributed by atoms with E-state index in [9.17, 15) is 9.90 Å². The highest BCUT2D eigenvalue weighted by Crippen LogP contribution is 2.19. The second-order valence-electron chi connectivity index (χ2n) is 5.10. The molecule has 0 aromatic carbocycles. The third-order valence-electron chi connectivity index (χ3n) is 3.54. The normalized spacial score (nSPS) is 15.9. The lowest BCUT2D eigenvalue weighted by atomic mass is 10.2. The number of aliphatic hydroxyl groups excluding tert-OH is 2. The van der Waals surface area contributed by atoms with Crippen molar-refractivity contribution in [2.75, 3.05) is 50.8 Å². The van der Waals surface area contributed by atoms with Crippen molar-refractivity contribution in [2.24, 2.45) is 0 Å². The van der Waals surface area contributed by atoms with E-state index in [1.165, 1.54) is 12.5 Å². The molecule has 8 nitrogen and oxygen atoms in total. The quantitative estimate of drug-likeness (QED) is 0.661. The van der Waals surface area contributed by atoms with E-state index < -0.39 is 12.1 Å². The monoisotopic (exact) mass is 382 g/mol. The summed E-state index contributed by atoms with van der Waals surface area (Å²) in [4.78, 5) is 24.2. The largest absolute Gasteiger partial charge is 0.462 e. The maximum atomic E-state index is 12.0. The van der Waals surface area contributed by atoms with Crippen molar-refractivity contribution in [3.8, 4) is 0 Å². The zero-order valence-electron chi connectivity index (χ0n) is 13.5. The number of halogens is 2. The maximum Gasteiger partial charge on any atom is 0.343 e. The minimum atomic E-state index is -0.722. The van der Waals surface area contributed by atoms with Crippen LogP contribution in [0.25, 0.3) is 0 Å². The molecule has 1 aromatic heterocycles. The van der Waals surface area contributed by atoms with Gasteiger partial charge in [-0.05, 0) is 6.92 Å². The number of hydrogen-bond acceptors (Lipinski definition) is 8. The van der Waals surface area contributed by atoms with E-state index in [2.05, 4.69) is 14.9 Å². The molecule has 0 spiro atoms. The Kier molecular flexibility index (Phi) is 10.8. The minimum Gasteiger partial charge on any atom is -0.462 e. The Labute approximate surface area is 153 Å². The van der Waals surface area contributed by atoms with Gasteiger partial charge in [-0.3, -0.25) is 4.90 Å². The van der Waals surface area contributed by atoms with Crippen molar-refractivity contribution in [3.63, 3.8) is 0 Å². The van der Waals surface area contributed by atoms with Crippen molar-refractivity contribution in [2.45, 2.75) is 13.0 Å². The van der Waals surface area contributed by atoms with Gasteiger partial charge in [0.15, 0.2) is 0 Å². The number of nitrogens with zero attached hydrogens (tertiary/aromatic N) is 4. The standard InChI is InChI=1S/C14H22N4O4.2ClH/c1-2-22-14(21)12-7-15-10-16-13(12)18-5-3-17(4-6-18)8-11(20)9-19;;/h7,10-11,19-20H,2-6,8-9H2,1H3;2*1H. The van der Waals surface area contributed by atoms with Gasteiger partial charge in [-0.1, -0.05) is 0 Å². The molecule has 2 heterocycles. The van der Waals surface area contributed by atoms with Crippen LogP contribution in [0.2, 0.25) is 0 Å². The summed E-state index contributed by atoms with van der Waals surface area (Å²) in [7, 11) is 0. The second-order valence-corrected chi connectivity index (χ2v) is 5.10. The van der Waals surface area contributed by atoms with E-state index in [1.54, 1.807) is 6.92 Å². The van der Waals surface area contributed by atoms with Crippen LogP contribution in [-0.4, -0.2) is 83.1 Å². The first-order valence-corrected chi connectivity index (χ1v) is 7.39. The third-order valence-corrected chi connectivity index (χ3v) is 3.54. The minimum absolute atomic E-state index is 0. The zero-order valence-corrected chi connectivity index (χ0v) is 15.1.